The van der Waals surface area contributed by atoms with Crippen LogP contribution < -0.4 is 15.8 Å². The lowest BCUT2D eigenvalue weighted by atomic mass is 10.1. The number of nitrogens with zero attached hydrogens (tertiary/aromatic N) is 3. The predicted molar refractivity (Wildman–Crippen MR) is 90.6 cm³/mol. The van der Waals surface area contributed by atoms with Crippen molar-refractivity contribution in [2.45, 2.75) is 55.9 Å². The lowest BCUT2D eigenvalue weighted by Crippen LogP contribution is -2.64. The van der Waals surface area contributed by atoms with Crippen molar-refractivity contribution in [2.75, 3.05) is 12.3 Å². The van der Waals surface area contributed by atoms with Gasteiger partial charge in [0.2, 0.25) is 17.9 Å². The Balaban J connectivity index is 1.87. The van der Waals surface area contributed by atoms with Gasteiger partial charge in [0.25, 0.3) is 11.4 Å². The molecule has 11 nitrogen and oxygen atoms in total. The standard InChI is InChI=1S/C15H21N5O6/c16-15-18-12-9(13(25)19-15)17-5-20(12,6-1-2-7(22)3-6)14-11(24)10(23)8(4-21)26-14/h5-8,10-11,14,21-24H,1-4H2,(H2-,16,18,19,25)/p+1/t6?,7?,8-,10-,11-,14-,20?/m1/s1. The van der Waals surface area contributed by atoms with E-state index in [1.807, 2.05) is 0 Å². The first-order valence-electron chi connectivity index (χ1n) is 8.52. The number of aromatic nitrogens is 2. The van der Waals surface area contributed by atoms with E-state index in [9.17, 15) is 25.2 Å². The predicted octanol–water partition coefficient (Wildman–Crippen LogP) is -2.31. The molecule has 0 amide bonds. The van der Waals surface area contributed by atoms with E-state index in [0.29, 0.717) is 19.3 Å². The maximum absolute atomic E-state index is 12.2. The van der Waals surface area contributed by atoms with Crippen molar-refractivity contribution < 1.29 is 25.2 Å². The van der Waals surface area contributed by atoms with Crippen LogP contribution in [-0.4, -0.2) is 80.0 Å². The van der Waals surface area contributed by atoms with Gasteiger partial charge >= 0.3 is 0 Å². The smallest absolute Gasteiger partial charge is 0.284 e. The fraction of sp³-hybridized carbons (Fsp3) is 0.667. The maximum Gasteiger partial charge on any atom is 0.284 e. The second-order valence-corrected chi connectivity index (χ2v) is 7.05. The van der Waals surface area contributed by atoms with Crippen LogP contribution in [0, 0.1) is 0 Å². The van der Waals surface area contributed by atoms with E-state index >= 15 is 0 Å². The van der Waals surface area contributed by atoms with E-state index in [-0.39, 0.29) is 28.0 Å². The summed E-state index contributed by atoms with van der Waals surface area (Å²) in [6.07, 6.45) is -2.25. The molecule has 11 heteroatoms. The Morgan fingerprint density at radius 2 is 2.08 bits per heavy atom. The summed E-state index contributed by atoms with van der Waals surface area (Å²) in [5.41, 5.74) is 5.25. The minimum absolute atomic E-state index is 0.0540. The summed E-state index contributed by atoms with van der Waals surface area (Å²) < 4.78 is 5.51. The van der Waals surface area contributed by atoms with Crippen molar-refractivity contribution in [1.82, 2.24) is 14.5 Å². The lowest BCUT2D eigenvalue weighted by molar-refractivity contribution is -0.0781. The number of aliphatic imine (C=N–C) groups is 1. The highest BCUT2D eigenvalue weighted by molar-refractivity contribution is 5.87. The Kier molecular flexibility index (Phi) is 4.10. The number of nitrogens with two attached hydrogens (primary N) is 1. The van der Waals surface area contributed by atoms with Gasteiger partial charge < -0.3 is 30.9 Å². The molecule has 1 aromatic heterocycles. The van der Waals surface area contributed by atoms with E-state index < -0.39 is 42.8 Å². The maximum atomic E-state index is 12.2. The van der Waals surface area contributed by atoms with Crippen LogP contribution in [0.15, 0.2) is 9.79 Å². The Morgan fingerprint density at radius 3 is 2.69 bits per heavy atom. The van der Waals surface area contributed by atoms with Crippen molar-refractivity contribution in [3.05, 3.63) is 10.4 Å². The molecule has 7 N–H and O–H groups in total. The van der Waals surface area contributed by atoms with Gasteiger partial charge in [-0.05, 0) is 6.42 Å². The highest BCUT2D eigenvalue weighted by Gasteiger charge is 2.61. The molecule has 1 aliphatic carbocycles. The number of nitrogens with one attached hydrogen (secondary N) is 1. The minimum atomic E-state index is -1.34. The highest BCUT2D eigenvalue weighted by Crippen LogP contribution is 2.45. The number of quaternary nitrogens is 1. The Morgan fingerprint density at radius 1 is 1.31 bits per heavy atom. The van der Waals surface area contributed by atoms with E-state index in [1.54, 1.807) is 0 Å². The summed E-state index contributed by atoms with van der Waals surface area (Å²) in [6.45, 7) is -0.475. The summed E-state index contributed by atoms with van der Waals surface area (Å²) in [5.74, 6) is 0.104. The first-order chi connectivity index (χ1) is 12.4. The third-order valence-electron chi connectivity index (χ3n) is 5.56. The molecule has 2 aliphatic heterocycles. The lowest BCUT2D eigenvalue weighted by Gasteiger charge is -2.40. The van der Waals surface area contributed by atoms with Crippen molar-refractivity contribution in [2.24, 2.45) is 4.99 Å². The highest BCUT2D eigenvalue weighted by atomic mass is 16.6. The van der Waals surface area contributed by atoms with Gasteiger partial charge in [0.1, 0.15) is 18.2 Å². The first kappa shape index (κ1) is 17.5. The van der Waals surface area contributed by atoms with Crippen molar-refractivity contribution >= 4 is 23.8 Å². The zero-order valence-corrected chi connectivity index (χ0v) is 13.9. The molecule has 7 atom stereocenters. The van der Waals surface area contributed by atoms with Gasteiger partial charge in [-0.2, -0.15) is 9.98 Å². The van der Waals surface area contributed by atoms with Gasteiger partial charge in [-0.15, -0.1) is 0 Å². The van der Waals surface area contributed by atoms with Crippen molar-refractivity contribution in [3.8, 4) is 0 Å². The third-order valence-corrected chi connectivity index (χ3v) is 5.56. The van der Waals surface area contributed by atoms with Gasteiger partial charge in [-0.25, -0.2) is 4.48 Å². The molecule has 0 radical (unpaired) electrons. The molecule has 1 saturated carbocycles. The summed E-state index contributed by atoms with van der Waals surface area (Å²) in [6, 6.07) is -0.284. The number of H-pyrrole nitrogens is 1. The summed E-state index contributed by atoms with van der Waals surface area (Å²) in [5, 5.41) is 40.3. The second-order valence-electron chi connectivity index (χ2n) is 7.05. The average molecular weight is 368 g/mol. The number of rotatable bonds is 3. The molecule has 0 aromatic carbocycles. The second kappa shape index (κ2) is 6.08. The summed E-state index contributed by atoms with van der Waals surface area (Å²) >= 11 is 0. The largest absolute Gasteiger partial charge is 0.394 e. The van der Waals surface area contributed by atoms with Crippen LogP contribution in [0.5, 0.6) is 0 Å². The molecule has 2 fully saturated rings. The SMILES string of the molecule is Nc1nc2c(c(=O)[nH]1)N=C[N+]2(C1CCC(O)C1)[C@@H]1O[C@H](CO)[C@@H](O)[C@H]1O. The molecule has 142 valence electrons. The number of fused-ring (bicyclic) bond motifs is 1. The van der Waals surface area contributed by atoms with E-state index in [4.69, 9.17) is 10.5 Å². The zero-order chi connectivity index (χ0) is 18.6. The van der Waals surface area contributed by atoms with Crippen LogP contribution in [0.3, 0.4) is 0 Å². The van der Waals surface area contributed by atoms with Gasteiger partial charge in [0, 0.05) is 12.8 Å². The van der Waals surface area contributed by atoms with E-state index in [0.717, 1.165) is 0 Å². The number of nitrogen functional groups attached to an aromatic ring is 1. The Hall–Kier alpha value is -1.89. The normalized spacial score (nSPS) is 41.7. The van der Waals surface area contributed by atoms with E-state index in [2.05, 4.69) is 15.0 Å². The van der Waals surface area contributed by atoms with Crippen LogP contribution in [0.25, 0.3) is 0 Å². The fourth-order valence-corrected chi connectivity index (χ4v) is 4.28. The molecule has 3 aliphatic rings. The van der Waals surface area contributed by atoms with Crippen LogP contribution in [0.2, 0.25) is 0 Å². The molecular formula is C15H22N5O6+. The van der Waals surface area contributed by atoms with Crippen LogP contribution >= 0.6 is 0 Å². The molecule has 3 unspecified atom stereocenters. The number of anilines is 1. The van der Waals surface area contributed by atoms with E-state index in [1.165, 1.54) is 6.34 Å². The number of aliphatic hydroxyl groups is 4. The minimum Gasteiger partial charge on any atom is -0.394 e. The molecule has 0 bridgehead atoms. The first-order valence-corrected chi connectivity index (χ1v) is 8.52. The van der Waals surface area contributed by atoms with Crippen LogP contribution in [0.1, 0.15) is 19.3 Å². The van der Waals surface area contributed by atoms with Crippen molar-refractivity contribution in [1.29, 1.82) is 0 Å². The van der Waals surface area contributed by atoms with Gasteiger partial charge in [-0.3, -0.25) is 9.78 Å². The van der Waals surface area contributed by atoms with Crippen LogP contribution in [-0.2, 0) is 4.74 Å². The zero-order valence-electron chi connectivity index (χ0n) is 13.9. The monoisotopic (exact) mass is 368 g/mol. The number of hydrogen-bond acceptors (Lipinski definition) is 9. The Labute approximate surface area is 148 Å². The molecule has 4 rings (SSSR count). The Bertz CT molecular complexity index is 799. The fourth-order valence-electron chi connectivity index (χ4n) is 4.28. The summed E-state index contributed by atoms with van der Waals surface area (Å²) in [7, 11) is 0. The number of ether oxygens (including phenoxy) is 1. The molecule has 1 saturated heterocycles. The van der Waals surface area contributed by atoms with Gasteiger partial charge in [0.15, 0.2) is 12.4 Å². The van der Waals surface area contributed by atoms with Gasteiger partial charge in [0.05, 0.1) is 12.7 Å². The topological polar surface area (TPSA) is 174 Å². The average Bonchev–Trinajstić information content (AvgIpc) is 3.26. The number of aromatic amines is 1. The molecular weight excluding hydrogens is 346 g/mol. The van der Waals surface area contributed by atoms with Gasteiger partial charge in [-0.1, -0.05) is 0 Å². The number of hydrogen-bond donors (Lipinski definition) is 6. The van der Waals surface area contributed by atoms with Crippen LogP contribution in [0.4, 0.5) is 17.5 Å². The third kappa shape index (κ3) is 2.32. The molecule has 3 heterocycles. The molecule has 26 heavy (non-hydrogen) atoms. The van der Waals surface area contributed by atoms with Crippen molar-refractivity contribution in [3.63, 3.8) is 0 Å². The summed E-state index contributed by atoms with van der Waals surface area (Å²) in [4.78, 5) is 23.1. The molecule has 0 spiro atoms. The quantitative estimate of drug-likeness (QED) is 0.322. The number of aliphatic hydroxyl groups excluding tert-OH is 4. The molecule has 1 aromatic rings.